The van der Waals surface area contributed by atoms with E-state index in [-0.39, 0.29) is 103 Å². The van der Waals surface area contributed by atoms with E-state index < -0.39 is 83.3 Å². The molecule has 3 aromatic rings. The maximum absolute atomic E-state index is 13.9. The number of anilines is 2. The van der Waals surface area contributed by atoms with Crippen LogP contribution in [0.1, 0.15) is 55.1 Å². The zero-order valence-corrected chi connectivity index (χ0v) is 44.6. The standard InChI is InChI=1S/C50H56N14O15S2/c1-22-36(41(69)35-28(21-79-50(53)78)38-27-7-4-24(27)20-64(38)39(35)40(22)68)55-15-17-81-80-16-13-32(48(76)77)61-45(72)30(9-11-34(66)67)59-44(71)29(51)12-14-54-33(65)10-8-31(47(74)75)60-43(70)23-2-5-25(6-3-23)56-18-26-19-57-42-37(58-26)46(73)63-49(52)62-42/h2-3,5-6,9,11,19,24,27-32,38,55-56H,4,7-8,10,12,14-15,17-18,20-21,51H2,1H3,(H2,53,78)(H,54,65)(H,59,71)(H,60,70)(H,61,72)(H,66,67)(H,74,75)(H,76,77)(H3,52,57,62,63,73)/b11-9+/t24-,27-,28+,29-,30?,31?,32-,38?/m0/s1. The van der Waals surface area contributed by atoms with Crippen molar-refractivity contribution < 1.29 is 68.0 Å². The Morgan fingerprint density at radius 2 is 1.69 bits per heavy atom. The molecule has 428 valence electrons. The molecule has 2 fully saturated rings. The normalized spacial score (nSPS) is 19.4. The third kappa shape index (κ3) is 14.8. The third-order valence-corrected chi connectivity index (χ3v) is 15.5. The first-order valence-electron chi connectivity index (χ1n) is 25.0. The van der Waals surface area contributed by atoms with Crippen molar-refractivity contribution in [2.45, 2.75) is 75.8 Å². The van der Waals surface area contributed by atoms with Crippen molar-refractivity contribution in [3.05, 3.63) is 86.8 Å². The maximum Gasteiger partial charge on any atom is 0.404 e. The Morgan fingerprint density at radius 1 is 0.938 bits per heavy atom. The quantitative estimate of drug-likeness (QED) is 0.0142. The van der Waals surface area contributed by atoms with Gasteiger partial charge in [-0.3, -0.25) is 38.5 Å². The summed E-state index contributed by atoms with van der Waals surface area (Å²) in [5.41, 5.74) is 18.4. The number of amides is 5. The topological polar surface area (TPSA) is 466 Å². The van der Waals surface area contributed by atoms with Crippen LogP contribution in [-0.4, -0.2) is 162 Å². The van der Waals surface area contributed by atoms with Crippen LogP contribution >= 0.6 is 21.6 Å². The molecule has 81 heavy (non-hydrogen) atoms. The molecular weight excluding hydrogens is 1100 g/mol. The number of hydrogen-bond acceptors (Lipinski definition) is 22. The van der Waals surface area contributed by atoms with Crippen molar-refractivity contribution in [3.63, 3.8) is 0 Å². The van der Waals surface area contributed by atoms with E-state index in [0.29, 0.717) is 46.9 Å². The Bertz CT molecular complexity index is 3270. The number of allylic oxidation sites excluding steroid dienone is 2. The Hall–Kier alpha value is -9.02. The monoisotopic (exact) mass is 1160 g/mol. The molecule has 0 radical (unpaired) electrons. The number of aliphatic carboxylic acids is 3. The number of fused-ring (bicyclic) bond motifs is 5. The predicted molar refractivity (Wildman–Crippen MR) is 289 cm³/mol. The lowest BCUT2D eigenvalue weighted by atomic mass is 9.69. The molecule has 1 aromatic carbocycles. The number of carbonyl (C=O) groups is 10. The first kappa shape index (κ1) is 59.6. The second kappa shape index (κ2) is 26.8. The molecule has 2 aromatic heterocycles. The average molecular weight is 1160 g/mol. The van der Waals surface area contributed by atoms with E-state index in [2.05, 4.69) is 63.0 Å². The van der Waals surface area contributed by atoms with Crippen LogP contribution in [0.3, 0.4) is 0 Å². The predicted octanol–water partition coefficient (Wildman–Crippen LogP) is -1.55. The molecule has 4 aliphatic rings. The van der Waals surface area contributed by atoms with Crippen LogP contribution in [0.5, 0.6) is 0 Å². The van der Waals surface area contributed by atoms with E-state index in [4.69, 9.17) is 21.9 Å². The van der Waals surface area contributed by atoms with E-state index in [1.165, 1.54) is 18.3 Å². The highest BCUT2D eigenvalue weighted by Crippen LogP contribution is 2.55. The van der Waals surface area contributed by atoms with E-state index in [9.17, 15) is 68.1 Å². The average Bonchev–Trinajstić information content (AvgIpc) is 3.58. The van der Waals surface area contributed by atoms with Gasteiger partial charge in [0.1, 0.15) is 18.7 Å². The van der Waals surface area contributed by atoms with Gasteiger partial charge in [0.2, 0.25) is 35.2 Å². The number of carbonyl (C=O) groups excluding carboxylic acids is 7. The summed E-state index contributed by atoms with van der Waals surface area (Å²) in [6.45, 7) is 2.18. The van der Waals surface area contributed by atoms with Gasteiger partial charge in [-0.05, 0) is 90.8 Å². The molecule has 1 saturated carbocycles. The van der Waals surface area contributed by atoms with Crippen molar-refractivity contribution in [1.29, 1.82) is 0 Å². The fraction of sp³-hybridized carbons (Fsp3) is 0.400. The van der Waals surface area contributed by atoms with E-state index >= 15 is 0 Å². The van der Waals surface area contributed by atoms with E-state index in [1.807, 2.05) is 4.90 Å². The Kier molecular flexibility index (Phi) is 19.7. The van der Waals surface area contributed by atoms with Crippen LogP contribution in [0.25, 0.3) is 11.2 Å². The Morgan fingerprint density at radius 3 is 2.37 bits per heavy atom. The maximum atomic E-state index is 13.9. The number of primary amides is 1. The number of carboxylic acid groups (broad SMARTS) is 3. The lowest BCUT2D eigenvalue weighted by Crippen LogP contribution is -2.53. The van der Waals surface area contributed by atoms with Crippen LogP contribution in [0.2, 0.25) is 0 Å². The summed E-state index contributed by atoms with van der Waals surface area (Å²) in [4.78, 5) is 155. The molecule has 31 heteroatoms. The zero-order chi connectivity index (χ0) is 58.7. The van der Waals surface area contributed by atoms with Crippen LogP contribution in [0, 0.1) is 28.9 Å². The van der Waals surface area contributed by atoms with Crippen molar-refractivity contribution in [2.75, 3.05) is 43.0 Å². The number of aromatic nitrogens is 4. The number of nitrogens with two attached hydrogens (primary N) is 3. The second-order valence-electron chi connectivity index (χ2n) is 18.9. The minimum absolute atomic E-state index is 0.00242. The van der Waals surface area contributed by atoms with Gasteiger partial charge in [-0.25, -0.2) is 29.1 Å². The second-order valence-corrected chi connectivity index (χ2v) is 21.1. The van der Waals surface area contributed by atoms with Gasteiger partial charge in [0.15, 0.2) is 17.2 Å². The van der Waals surface area contributed by atoms with Crippen LogP contribution < -0.4 is 54.7 Å². The number of Topliss-reactive ketones (excluding diaryl/α,β-unsaturated/α-hetero) is 2. The number of benzene rings is 1. The SMILES string of the molecule is CC1=C(NCCSSC#C[C@H](NC(=O)C(/C=C/C(=O)O)NC(=O)[C@@H](N)CCNC(=O)CCC(NC(=O)c2ccc(NCc3cnc4nc(N)[nH]c(=O)c4n3)cc2)C(=O)O)C(=O)O)C(=O)C2=C(C1=O)N1C[C@@H]3CC[C@@H]3C1[C@@H]2COC(N)=O. The molecule has 3 unspecified atom stereocenters. The van der Waals surface area contributed by atoms with Crippen molar-refractivity contribution in [1.82, 2.24) is 51.4 Å². The van der Waals surface area contributed by atoms with Crippen molar-refractivity contribution >= 4 is 104 Å². The molecule has 8 atom stereocenters. The first-order chi connectivity index (χ1) is 38.6. The fourth-order valence-electron chi connectivity index (χ4n) is 9.58. The highest BCUT2D eigenvalue weighted by atomic mass is 33.1. The first-order valence-corrected chi connectivity index (χ1v) is 27.4. The summed E-state index contributed by atoms with van der Waals surface area (Å²) >= 11 is 0. The molecule has 2 aliphatic heterocycles. The summed E-state index contributed by atoms with van der Waals surface area (Å²) in [7, 11) is 2.06. The van der Waals surface area contributed by atoms with Gasteiger partial charge in [0.25, 0.3) is 11.5 Å². The number of hydrogen-bond donors (Lipinski definition) is 13. The molecule has 4 heterocycles. The number of ether oxygens (including phenoxy) is 1. The Balaban J connectivity index is 0.818. The number of carboxylic acids is 3. The van der Waals surface area contributed by atoms with Crippen molar-refractivity contribution in [2.24, 2.45) is 29.2 Å². The van der Waals surface area contributed by atoms with E-state index in [1.54, 1.807) is 19.1 Å². The van der Waals surface area contributed by atoms with Crippen LogP contribution in [0.4, 0.5) is 16.4 Å². The smallest absolute Gasteiger partial charge is 0.404 e. The minimum Gasteiger partial charge on any atom is -0.480 e. The van der Waals surface area contributed by atoms with Gasteiger partial charge in [-0.15, -0.1) is 0 Å². The molecule has 0 spiro atoms. The number of rotatable bonds is 26. The summed E-state index contributed by atoms with van der Waals surface area (Å²) in [5, 5.41) is 46.7. The molecular formula is C50H56N14O15S2. The summed E-state index contributed by atoms with van der Waals surface area (Å²) in [6.07, 6.45) is 2.77. The van der Waals surface area contributed by atoms with Gasteiger partial charge in [0, 0.05) is 72.2 Å². The van der Waals surface area contributed by atoms with Gasteiger partial charge < -0.3 is 74.1 Å². The molecule has 16 N–H and O–H groups in total. The largest absolute Gasteiger partial charge is 0.480 e. The fourth-order valence-corrected chi connectivity index (χ4v) is 10.9. The highest BCUT2D eigenvalue weighted by Gasteiger charge is 2.59. The van der Waals surface area contributed by atoms with Crippen molar-refractivity contribution in [3.8, 4) is 11.2 Å². The lowest BCUT2D eigenvalue weighted by molar-refractivity contribution is -0.140. The van der Waals surface area contributed by atoms with Gasteiger partial charge >= 0.3 is 24.0 Å². The molecule has 5 amide bonds. The highest BCUT2D eigenvalue weighted by molar-refractivity contribution is 8.78. The summed E-state index contributed by atoms with van der Waals surface area (Å²) < 4.78 is 5.16. The number of nitrogens with one attached hydrogen (secondary N) is 7. The molecule has 2 aliphatic carbocycles. The number of nitrogens with zero attached hydrogens (tertiary/aromatic N) is 4. The Labute approximate surface area is 467 Å². The number of nitrogen functional groups attached to an aromatic ring is 1. The van der Waals surface area contributed by atoms with Crippen LogP contribution in [0.15, 0.2) is 69.9 Å². The molecule has 0 bridgehead atoms. The van der Waals surface area contributed by atoms with E-state index in [0.717, 1.165) is 40.5 Å². The molecule has 7 rings (SSSR count). The third-order valence-electron chi connectivity index (χ3n) is 13.7. The number of H-pyrrole nitrogens is 1. The molecule has 1 saturated heterocycles. The lowest BCUT2D eigenvalue weighted by Gasteiger charge is -2.35. The van der Waals surface area contributed by atoms with Crippen LogP contribution in [-0.2, 0) is 49.6 Å². The molecule has 29 nitrogen and oxygen atoms in total. The van der Waals surface area contributed by atoms with Gasteiger partial charge in [-0.2, -0.15) is 4.98 Å². The number of aromatic amines is 1. The summed E-state index contributed by atoms with van der Waals surface area (Å²) in [5.74, 6) is -6.02. The zero-order valence-electron chi connectivity index (χ0n) is 43.0. The van der Waals surface area contributed by atoms with Gasteiger partial charge in [-0.1, -0.05) is 16.7 Å². The van der Waals surface area contributed by atoms with Gasteiger partial charge in [0.05, 0.1) is 35.9 Å². The summed E-state index contributed by atoms with van der Waals surface area (Å²) in [6, 6.07) is -0.654. The number of ketones is 2. The minimum atomic E-state index is -1.83.